The van der Waals surface area contributed by atoms with Crippen molar-refractivity contribution >= 4 is 35.2 Å². The molecule has 2 aromatic rings. The second-order valence-corrected chi connectivity index (χ2v) is 9.26. The molecule has 34 heavy (non-hydrogen) atoms. The van der Waals surface area contributed by atoms with Crippen LogP contribution in [0.3, 0.4) is 0 Å². The van der Waals surface area contributed by atoms with E-state index < -0.39 is 17.8 Å². The van der Waals surface area contributed by atoms with E-state index in [2.05, 4.69) is 6.07 Å². The standard InChI is InChI=1S/C25H23ClN4O3S/c1-4-18-13(3)10-16-23(29-18)34-12-19-21(25(32)33-5-2)20(14-6-8-15(26)9-7-14)17(11-27)22(28)30(19)24(16)31/h6-10,20H,4-5,12,28H2,1-3H3. The summed E-state index contributed by atoms with van der Waals surface area (Å²) >= 11 is 7.44. The highest BCUT2D eigenvalue weighted by Crippen LogP contribution is 2.45. The molecule has 1 unspecified atom stereocenters. The lowest BCUT2D eigenvalue weighted by atomic mass is 9.81. The van der Waals surface area contributed by atoms with E-state index >= 15 is 0 Å². The maximum Gasteiger partial charge on any atom is 0.336 e. The number of ether oxygens (including phenoxy) is 1. The smallest absolute Gasteiger partial charge is 0.336 e. The quantitative estimate of drug-likeness (QED) is 0.624. The predicted octanol–water partition coefficient (Wildman–Crippen LogP) is 4.46. The zero-order valence-corrected chi connectivity index (χ0v) is 20.6. The lowest BCUT2D eigenvalue weighted by Crippen LogP contribution is -2.41. The van der Waals surface area contributed by atoms with Gasteiger partial charge in [0.1, 0.15) is 10.8 Å². The fourth-order valence-electron chi connectivity index (χ4n) is 4.29. The molecule has 174 valence electrons. The lowest BCUT2D eigenvalue weighted by Gasteiger charge is -2.35. The molecule has 2 aliphatic heterocycles. The van der Waals surface area contributed by atoms with Crippen molar-refractivity contribution in [3.63, 3.8) is 0 Å². The Labute approximate surface area is 207 Å². The molecule has 2 N–H and O–H groups in total. The van der Waals surface area contributed by atoms with Crippen molar-refractivity contribution in [3.05, 3.63) is 80.4 Å². The fraction of sp³-hybridized carbons (Fsp3) is 0.280. The Morgan fingerprint density at radius 1 is 1.35 bits per heavy atom. The van der Waals surface area contributed by atoms with E-state index in [1.807, 2.05) is 13.8 Å². The van der Waals surface area contributed by atoms with E-state index in [1.165, 1.54) is 16.7 Å². The van der Waals surface area contributed by atoms with E-state index in [0.717, 1.165) is 17.7 Å². The number of hydrogen-bond donors (Lipinski definition) is 1. The fourth-order valence-corrected chi connectivity index (χ4v) is 5.45. The lowest BCUT2D eigenvalue weighted by molar-refractivity contribution is -0.138. The number of carbonyl (C=O) groups excluding carboxylic acids is 2. The van der Waals surface area contributed by atoms with Crippen LogP contribution in [0.5, 0.6) is 0 Å². The molecule has 0 spiro atoms. The summed E-state index contributed by atoms with van der Waals surface area (Å²) in [6.07, 6.45) is 0.730. The molecule has 0 saturated carbocycles. The molecule has 1 aromatic carbocycles. The second kappa shape index (κ2) is 9.53. The summed E-state index contributed by atoms with van der Waals surface area (Å²) in [5.74, 6) is -1.55. The predicted molar refractivity (Wildman–Crippen MR) is 130 cm³/mol. The summed E-state index contributed by atoms with van der Waals surface area (Å²) < 4.78 is 5.38. The second-order valence-electron chi connectivity index (χ2n) is 7.86. The number of aryl methyl sites for hydroxylation is 2. The number of benzene rings is 1. The van der Waals surface area contributed by atoms with Crippen molar-refractivity contribution in [2.75, 3.05) is 12.4 Å². The Hall–Kier alpha value is -3.28. The number of nitrogens with two attached hydrogens (primary N) is 1. The van der Waals surface area contributed by atoms with Crippen LogP contribution in [0.15, 0.2) is 58.0 Å². The molecule has 0 saturated heterocycles. The SMILES string of the molecule is CCOC(=O)C1=C2CSc3nc(CC)c(C)cc3C(=O)N2C(N)=C(C#N)C1c1ccc(Cl)cc1. The summed E-state index contributed by atoms with van der Waals surface area (Å²) in [6, 6.07) is 10.8. The summed E-state index contributed by atoms with van der Waals surface area (Å²) in [4.78, 5) is 33.0. The van der Waals surface area contributed by atoms with Gasteiger partial charge in [0, 0.05) is 22.2 Å². The highest BCUT2D eigenvalue weighted by atomic mass is 35.5. The molecule has 0 fully saturated rings. The minimum Gasteiger partial charge on any atom is -0.463 e. The van der Waals surface area contributed by atoms with Crippen LogP contribution in [0.1, 0.15) is 46.9 Å². The molecular weight excluding hydrogens is 472 g/mol. The summed E-state index contributed by atoms with van der Waals surface area (Å²) in [7, 11) is 0. The molecule has 0 aliphatic carbocycles. The zero-order chi connectivity index (χ0) is 24.6. The first kappa shape index (κ1) is 23.9. The van der Waals surface area contributed by atoms with Crippen LogP contribution in [-0.4, -0.2) is 34.1 Å². The van der Waals surface area contributed by atoms with Crippen LogP contribution in [0, 0.1) is 18.3 Å². The van der Waals surface area contributed by atoms with Crippen molar-refractivity contribution in [2.24, 2.45) is 5.73 Å². The normalized spacial score (nSPS) is 17.7. The van der Waals surface area contributed by atoms with Crippen LogP contribution in [0.4, 0.5) is 0 Å². The van der Waals surface area contributed by atoms with Gasteiger partial charge in [-0.3, -0.25) is 9.69 Å². The summed E-state index contributed by atoms with van der Waals surface area (Å²) in [5, 5.41) is 11.2. The van der Waals surface area contributed by atoms with E-state index in [1.54, 1.807) is 37.3 Å². The van der Waals surface area contributed by atoms with Crippen LogP contribution in [0.25, 0.3) is 0 Å². The molecule has 1 amide bonds. The molecule has 0 radical (unpaired) electrons. The number of hydrogen-bond acceptors (Lipinski definition) is 7. The average Bonchev–Trinajstić information content (AvgIpc) is 2.95. The van der Waals surface area contributed by atoms with Gasteiger partial charge in [0.15, 0.2) is 0 Å². The molecule has 7 nitrogen and oxygen atoms in total. The van der Waals surface area contributed by atoms with Gasteiger partial charge in [-0.15, -0.1) is 0 Å². The molecular formula is C25H23ClN4O3S. The zero-order valence-electron chi connectivity index (χ0n) is 19.0. The van der Waals surface area contributed by atoms with E-state index in [4.69, 9.17) is 27.1 Å². The maximum atomic E-state index is 13.8. The monoisotopic (exact) mass is 494 g/mol. The minimum atomic E-state index is -0.789. The Bertz CT molecular complexity index is 1290. The van der Waals surface area contributed by atoms with E-state index in [0.29, 0.717) is 26.9 Å². The highest BCUT2D eigenvalue weighted by Gasteiger charge is 2.43. The van der Waals surface area contributed by atoms with Gasteiger partial charge >= 0.3 is 5.97 Å². The first-order valence-electron chi connectivity index (χ1n) is 10.8. The molecule has 3 heterocycles. The van der Waals surface area contributed by atoms with Gasteiger partial charge in [-0.2, -0.15) is 5.26 Å². The van der Waals surface area contributed by atoms with Crippen LogP contribution < -0.4 is 5.73 Å². The number of amides is 1. The van der Waals surface area contributed by atoms with Gasteiger partial charge < -0.3 is 10.5 Å². The van der Waals surface area contributed by atoms with Crippen molar-refractivity contribution in [1.82, 2.24) is 9.88 Å². The largest absolute Gasteiger partial charge is 0.463 e. The number of pyridine rings is 1. The molecule has 1 atom stereocenters. The molecule has 2 aliphatic rings. The van der Waals surface area contributed by atoms with E-state index in [-0.39, 0.29) is 29.3 Å². The van der Waals surface area contributed by atoms with Crippen LogP contribution in [-0.2, 0) is 16.0 Å². The Morgan fingerprint density at radius 3 is 2.68 bits per heavy atom. The number of fused-ring (bicyclic) bond motifs is 2. The van der Waals surface area contributed by atoms with E-state index in [9.17, 15) is 14.9 Å². The van der Waals surface area contributed by atoms with Gasteiger partial charge in [-0.25, -0.2) is 9.78 Å². The summed E-state index contributed by atoms with van der Waals surface area (Å²) in [5.41, 5.74) is 10.0. The molecule has 0 bridgehead atoms. The number of allylic oxidation sites excluding steroid dienone is 1. The Kier molecular flexibility index (Phi) is 6.69. The minimum absolute atomic E-state index is 0.00108. The number of nitrogens with zero attached hydrogens (tertiary/aromatic N) is 3. The van der Waals surface area contributed by atoms with Crippen molar-refractivity contribution < 1.29 is 14.3 Å². The van der Waals surface area contributed by atoms with Gasteiger partial charge in [0.05, 0.1) is 35.3 Å². The Balaban J connectivity index is 1.98. The third kappa shape index (κ3) is 3.95. The maximum absolute atomic E-state index is 13.8. The number of nitriles is 1. The van der Waals surface area contributed by atoms with Crippen molar-refractivity contribution in [2.45, 2.75) is 38.1 Å². The number of rotatable bonds is 4. The Morgan fingerprint density at radius 2 is 2.06 bits per heavy atom. The number of esters is 1. The number of thioether (sulfide) groups is 1. The molecule has 1 aromatic heterocycles. The van der Waals surface area contributed by atoms with Gasteiger partial charge in [-0.1, -0.05) is 42.4 Å². The van der Waals surface area contributed by atoms with Gasteiger partial charge in [-0.05, 0) is 49.6 Å². The highest BCUT2D eigenvalue weighted by molar-refractivity contribution is 7.99. The van der Waals surface area contributed by atoms with Gasteiger partial charge in [0.2, 0.25) is 0 Å². The number of carbonyl (C=O) groups is 2. The third-order valence-corrected chi connectivity index (χ3v) is 7.15. The number of aromatic nitrogens is 1. The topological polar surface area (TPSA) is 109 Å². The van der Waals surface area contributed by atoms with Crippen LogP contribution >= 0.6 is 23.4 Å². The first-order chi connectivity index (χ1) is 16.3. The molecule has 9 heteroatoms. The third-order valence-electron chi connectivity index (χ3n) is 5.89. The van der Waals surface area contributed by atoms with Crippen molar-refractivity contribution in [1.29, 1.82) is 5.26 Å². The first-order valence-corrected chi connectivity index (χ1v) is 12.2. The van der Waals surface area contributed by atoms with Crippen LogP contribution in [0.2, 0.25) is 5.02 Å². The molecule has 4 rings (SSSR count). The van der Waals surface area contributed by atoms with Crippen molar-refractivity contribution in [3.8, 4) is 6.07 Å². The van der Waals surface area contributed by atoms with Gasteiger partial charge in [0.25, 0.3) is 5.91 Å². The number of halogens is 1. The summed E-state index contributed by atoms with van der Waals surface area (Å²) in [6.45, 7) is 5.76. The average molecular weight is 495 g/mol.